The van der Waals surface area contributed by atoms with Crippen LogP contribution in [0.25, 0.3) is 0 Å². The summed E-state index contributed by atoms with van der Waals surface area (Å²) in [6, 6.07) is 0. The molecule has 1 aliphatic rings. The van der Waals surface area contributed by atoms with Crippen molar-refractivity contribution in [3.05, 3.63) is 0 Å². The van der Waals surface area contributed by atoms with Crippen molar-refractivity contribution in [2.24, 2.45) is 0 Å². The smallest absolute Gasteiger partial charge is 0.232 e. The number of hydrogen-bond donors (Lipinski definition) is 1. The van der Waals surface area contributed by atoms with Crippen LogP contribution in [0.1, 0.15) is 26.7 Å². The highest BCUT2D eigenvalue weighted by atomic mass is 16.5. The largest absolute Gasteiger partial charge is 0.378 e. The number of morpholine rings is 1. The van der Waals surface area contributed by atoms with Crippen LogP contribution in [0.2, 0.25) is 0 Å². The number of anilines is 3. The van der Waals surface area contributed by atoms with Crippen molar-refractivity contribution in [3.8, 4) is 0 Å². The summed E-state index contributed by atoms with van der Waals surface area (Å²) in [4.78, 5) is 17.9. The van der Waals surface area contributed by atoms with Crippen LogP contribution in [-0.2, 0) is 4.74 Å². The predicted octanol–water partition coefficient (Wildman–Crippen LogP) is 1.38. The third-order valence-electron chi connectivity index (χ3n) is 3.43. The second kappa shape index (κ2) is 7.97. The van der Waals surface area contributed by atoms with E-state index in [0.717, 1.165) is 64.1 Å². The van der Waals surface area contributed by atoms with Gasteiger partial charge in [0.15, 0.2) is 0 Å². The fraction of sp³-hybridized carbons (Fsp3) is 0.786. The van der Waals surface area contributed by atoms with E-state index in [2.05, 4.69) is 37.0 Å². The van der Waals surface area contributed by atoms with Crippen LogP contribution in [0.3, 0.4) is 0 Å². The van der Waals surface area contributed by atoms with E-state index in [1.54, 1.807) is 0 Å². The average molecular weight is 294 g/mol. The molecule has 1 saturated heterocycles. The molecular weight excluding hydrogens is 268 g/mol. The Morgan fingerprint density at radius 2 is 1.95 bits per heavy atom. The third kappa shape index (κ3) is 4.42. The molecule has 7 heteroatoms. The Morgan fingerprint density at radius 3 is 2.62 bits per heavy atom. The summed E-state index contributed by atoms with van der Waals surface area (Å²) in [5, 5.41) is 3.19. The van der Waals surface area contributed by atoms with Crippen molar-refractivity contribution in [1.82, 2.24) is 15.0 Å². The molecule has 0 spiro atoms. The highest BCUT2D eigenvalue weighted by molar-refractivity contribution is 5.45. The lowest BCUT2D eigenvalue weighted by molar-refractivity contribution is 0.122. The normalized spacial score (nSPS) is 15.1. The molecule has 0 aliphatic carbocycles. The molecule has 1 aromatic rings. The molecule has 0 radical (unpaired) electrons. The van der Waals surface area contributed by atoms with Gasteiger partial charge in [0.2, 0.25) is 17.8 Å². The van der Waals surface area contributed by atoms with Gasteiger partial charge >= 0.3 is 0 Å². The van der Waals surface area contributed by atoms with Gasteiger partial charge in [0.05, 0.1) is 13.2 Å². The summed E-state index contributed by atoms with van der Waals surface area (Å²) < 4.78 is 5.39. The minimum absolute atomic E-state index is 0.646. The van der Waals surface area contributed by atoms with Crippen LogP contribution in [0, 0.1) is 0 Å². The van der Waals surface area contributed by atoms with Gasteiger partial charge in [-0.1, -0.05) is 13.3 Å². The Bertz CT molecular complexity index is 435. The fourth-order valence-electron chi connectivity index (χ4n) is 2.16. The molecular formula is C14H26N6O. The van der Waals surface area contributed by atoms with Crippen molar-refractivity contribution in [2.45, 2.75) is 26.7 Å². The van der Waals surface area contributed by atoms with E-state index in [9.17, 15) is 0 Å². The van der Waals surface area contributed by atoms with Gasteiger partial charge in [0.25, 0.3) is 0 Å². The maximum atomic E-state index is 5.39. The number of unbranched alkanes of at least 4 members (excludes halogenated alkanes) is 1. The molecule has 1 aliphatic heterocycles. The van der Waals surface area contributed by atoms with Gasteiger partial charge in [-0.3, -0.25) is 0 Å². The highest BCUT2D eigenvalue weighted by Gasteiger charge is 2.17. The first-order valence-electron chi connectivity index (χ1n) is 7.78. The number of hydrogen-bond acceptors (Lipinski definition) is 7. The maximum absolute atomic E-state index is 5.39. The van der Waals surface area contributed by atoms with Crippen molar-refractivity contribution in [2.75, 3.05) is 61.6 Å². The summed E-state index contributed by atoms with van der Waals surface area (Å²) in [6.07, 6.45) is 2.29. The van der Waals surface area contributed by atoms with Gasteiger partial charge in [-0.05, 0) is 13.3 Å². The quantitative estimate of drug-likeness (QED) is 0.814. The zero-order valence-electron chi connectivity index (χ0n) is 13.3. The van der Waals surface area contributed by atoms with E-state index in [1.165, 1.54) is 0 Å². The van der Waals surface area contributed by atoms with Gasteiger partial charge < -0.3 is 19.9 Å². The molecule has 0 atom stereocenters. The number of nitrogens with one attached hydrogen (secondary N) is 1. The van der Waals surface area contributed by atoms with Gasteiger partial charge in [0, 0.05) is 33.2 Å². The Morgan fingerprint density at radius 1 is 1.19 bits per heavy atom. The first-order valence-corrected chi connectivity index (χ1v) is 7.78. The monoisotopic (exact) mass is 294 g/mol. The molecule has 0 unspecified atom stereocenters. The van der Waals surface area contributed by atoms with E-state index >= 15 is 0 Å². The topological polar surface area (TPSA) is 66.4 Å². The Hall–Kier alpha value is -1.63. The first kappa shape index (κ1) is 15.8. The lowest BCUT2D eigenvalue weighted by Gasteiger charge is -2.28. The Labute approximate surface area is 126 Å². The number of ether oxygens (including phenoxy) is 1. The number of nitrogens with zero attached hydrogens (tertiary/aromatic N) is 5. The van der Waals surface area contributed by atoms with Crippen molar-refractivity contribution >= 4 is 17.8 Å². The molecule has 2 heterocycles. The zero-order valence-corrected chi connectivity index (χ0v) is 13.3. The standard InChI is InChI=1S/C14H26N6O/c1-4-6-7-19(3)13-16-12(15-5-2)17-14(18-13)20-8-10-21-11-9-20/h4-11H2,1-3H3,(H,15,16,17,18). The predicted molar refractivity (Wildman–Crippen MR) is 85.2 cm³/mol. The van der Waals surface area contributed by atoms with E-state index < -0.39 is 0 Å². The Kier molecular flexibility index (Phi) is 5.98. The molecule has 0 aromatic carbocycles. The van der Waals surface area contributed by atoms with E-state index in [4.69, 9.17) is 4.74 Å². The molecule has 1 N–H and O–H groups in total. The van der Waals surface area contributed by atoms with E-state index in [1.807, 2.05) is 14.0 Å². The summed E-state index contributed by atoms with van der Waals surface area (Å²) >= 11 is 0. The molecule has 7 nitrogen and oxygen atoms in total. The minimum atomic E-state index is 0.646. The van der Waals surface area contributed by atoms with Crippen LogP contribution in [-0.4, -0.2) is 61.4 Å². The van der Waals surface area contributed by atoms with Gasteiger partial charge in [-0.15, -0.1) is 0 Å². The van der Waals surface area contributed by atoms with Crippen LogP contribution in [0.5, 0.6) is 0 Å². The third-order valence-corrected chi connectivity index (χ3v) is 3.43. The minimum Gasteiger partial charge on any atom is -0.378 e. The van der Waals surface area contributed by atoms with Gasteiger partial charge in [-0.2, -0.15) is 15.0 Å². The second-order valence-corrected chi connectivity index (χ2v) is 5.16. The van der Waals surface area contributed by atoms with Crippen LogP contribution < -0.4 is 15.1 Å². The van der Waals surface area contributed by atoms with Crippen molar-refractivity contribution in [1.29, 1.82) is 0 Å². The molecule has 118 valence electrons. The van der Waals surface area contributed by atoms with Crippen molar-refractivity contribution < 1.29 is 4.74 Å². The van der Waals surface area contributed by atoms with E-state index in [-0.39, 0.29) is 0 Å². The molecule has 0 saturated carbocycles. The summed E-state index contributed by atoms with van der Waals surface area (Å²) in [6.45, 7) is 9.08. The number of aromatic nitrogens is 3. The number of rotatable bonds is 7. The average Bonchev–Trinajstić information content (AvgIpc) is 2.53. The lowest BCUT2D eigenvalue weighted by atomic mass is 10.3. The summed E-state index contributed by atoms with van der Waals surface area (Å²) in [5.41, 5.74) is 0. The maximum Gasteiger partial charge on any atom is 0.232 e. The SMILES string of the molecule is CCCCN(C)c1nc(NCC)nc(N2CCOCC2)n1. The summed E-state index contributed by atoms with van der Waals surface area (Å²) in [5.74, 6) is 2.12. The lowest BCUT2D eigenvalue weighted by Crippen LogP contribution is -2.38. The van der Waals surface area contributed by atoms with Crippen LogP contribution in [0.4, 0.5) is 17.8 Å². The van der Waals surface area contributed by atoms with E-state index in [0.29, 0.717) is 5.95 Å². The summed E-state index contributed by atoms with van der Waals surface area (Å²) in [7, 11) is 2.03. The molecule has 0 bridgehead atoms. The first-order chi connectivity index (χ1) is 10.2. The van der Waals surface area contributed by atoms with Gasteiger partial charge in [-0.25, -0.2) is 0 Å². The molecule has 0 amide bonds. The zero-order chi connectivity index (χ0) is 15.1. The molecule has 21 heavy (non-hydrogen) atoms. The molecule has 1 fully saturated rings. The fourth-order valence-corrected chi connectivity index (χ4v) is 2.16. The highest BCUT2D eigenvalue weighted by Crippen LogP contribution is 2.17. The van der Waals surface area contributed by atoms with Gasteiger partial charge in [0.1, 0.15) is 0 Å². The molecule has 1 aromatic heterocycles. The van der Waals surface area contributed by atoms with Crippen molar-refractivity contribution in [3.63, 3.8) is 0 Å². The Balaban J connectivity index is 2.20. The van der Waals surface area contributed by atoms with Crippen LogP contribution in [0.15, 0.2) is 0 Å². The molecule has 2 rings (SSSR count). The second-order valence-electron chi connectivity index (χ2n) is 5.16. The van der Waals surface area contributed by atoms with Crippen LogP contribution >= 0.6 is 0 Å².